The first-order chi connectivity index (χ1) is 9.63. The van der Waals surface area contributed by atoms with Gasteiger partial charge >= 0.3 is 5.97 Å². The lowest BCUT2D eigenvalue weighted by Gasteiger charge is -2.05. The van der Waals surface area contributed by atoms with Crippen LogP contribution in [-0.2, 0) is 4.79 Å². The van der Waals surface area contributed by atoms with Gasteiger partial charge < -0.3 is 4.74 Å². The molecule has 0 N–H and O–H groups in total. The minimum atomic E-state index is -0.366. The van der Waals surface area contributed by atoms with E-state index in [0.29, 0.717) is 16.7 Å². The summed E-state index contributed by atoms with van der Waals surface area (Å²) in [5.74, 6) is 0.601. The fraction of sp³-hybridized carbons (Fsp3) is 0.0714. The Labute approximate surface area is 124 Å². The van der Waals surface area contributed by atoms with Crippen molar-refractivity contribution in [3.05, 3.63) is 40.9 Å². The number of esters is 1. The third-order valence-electron chi connectivity index (χ3n) is 2.62. The third kappa shape index (κ3) is 2.50. The maximum absolute atomic E-state index is 11.0. The number of ether oxygens (including phenoxy) is 1. The number of aromatic nitrogens is 2. The highest BCUT2D eigenvalue weighted by Crippen LogP contribution is 2.29. The van der Waals surface area contributed by atoms with E-state index < -0.39 is 0 Å². The third-order valence-corrected chi connectivity index (χ3v) is 3.91. The second kappa shape index (κ2) is 5.19. The molecule has 0 radical (unpaired) electrons. The van der Waals surface area contributed by atoms with E-state index >= 15 is 0 Å². The quantitative estimate of drug-likeness (QED) is 0.409. The van der Waals surface area contributed by atoms with Gasteiger partial charge in [-0.15, -0.1) is 11.3 Å². The molecule has 0 aliphatic heterocycles. The van der Waals surface area contributed by atoms with Crippen molar-refractivity contribution in [3.8, 4) is 17.1 Å². The summed E-state index contributed by atoms with van der Waals surface area (Å²) in [5.41, 5.74) is 1.56. The van der Waals surface area contributed by atoms with Gasteiger partial charge in [0.25, 0.3) is 0 Å². The summed E-state index contributed by atoms with van der Waals surface area (Å²) in [7, 11) is 0. The molecule has 2 aromatic heterocycles. The molecule has 0 fully saturated rings. The Hall–Kier alpha value is -1.98. The number of thiophene rings is 1. The van der Waals surface area contributed by atoms with Crippen molar-refractivity contribution in [1.82, 2.24) is 9.97 Å². The maximum Gasteiger partial charge on any atom is 0.308 e. The summed E-state index contributed by atoms with van der Waals surface area (Å²) in [5, 5.41) is 2.35. The van der Waals surface area contributed by atoms with Gasteiger partial charge in [0.1, 0.15) is 5.75 Å². The summed E-state index contributed by atoms with van der Waals surface area (Å²) in [6, 6.07) is 8.94. The van der Waals surface area contributed by atoms with Crippen LogP contribution in [0.15, 0.2) is 35.7 Å². The maximum atomic E-state index is 11.0. The molecule has 0 bridgehead atoms. The van der Waals surface area contributed by atoms with Crippen LogP contribution in [-0.4, -0.2) is 15.9 Å². The molecule has 0 atom stereocenters. The van der Waals surface area contributed by atoms with Gasteiger partial charge in [0.2, 0.25) is 0 Å². The van der Waals surface area contributed by atoms with E-state index in [-0.39, 0.29) is 5.97 Å². The minimum Gasteiger partial charge on any atom is -0.427 e. The monoisotopic (exact) mass is 304 g/mol. The van der Waals surface area contributed by atoms with E-state index in [1.54, 1.807) is 18.2 Å². The van der Waals surface area contributed by atoms with Crippen molar-refractivity contribution >= 4 is 39.1 Å². The molecule has 0 spiro atoms. The number of hydrogen-bond acceptors (Lipinski definition) is 5. The van der Waals surface area contributed by atoms with Gasteiger partial charge in [-0.25, -0.2) is 9.97 Å². The molecule has 0 aliphatic carbocycles. The predicted molar refractivity (Wildman–Crippen MR) is 79.2 cm³/mol. The molecular weight excluding hydrogens is 296 g/mol. The molecule has 0 amide bonds. The van der Waals surface area contributed by atoms with Gasteiger partial charge in [-0.05, 0) is 23.6 Å². The van der Waals surface area contributed by atoms with Crippen LogP contribution in [0.2, 0.25) is 5.15 Å². The first kappa shape index (κ1) is 13.0. The summed E-state index contributed by atoms with van der Waals surface area (Å²) >= 11 is 7.65. The van der Waals surface area contributed by atoms with Crippen LogP contribution in [0.5, 0.6) is 5.75 Å². The number of carbonyl (C=O) groups excluding carboxylic acids is 1. The summed E-state index contributed by atoms with van der Waals surface area (Å²) in [4.78, 5) is 19.7. The molecule has 3 rings (SSSR count). The Morgan fingerprint density at radius 1 is 1.30 bits per heavy atom. The number of rotatable bonds is 2. The molecule has 20 heavy (non-hydrogen) atoms. The number of benzene rings is 1. The lowest BCUT2D eigenvalue weighted by Crippen LogP contribution is -2.01. The number of fused-ring (bicyclic) bond motifs is 1. The van der Waals surface area contributed by atoms with Gasteiger partial charge in [-0.2, -0.15) is 0 Å². The van der Waals surface area contributed by atoms with Crippen molar-refractivity contribution < 1.29 is 9.53 Å². The minimum absolute atomic E-state index is 0.366. The molecule has 3 aromatic rings. The van der Waals surface area contributed by atoms with E-state index in [1.165, 1.54) is 18.3 Å². The van der Waals surface area contributed by atoms with Gasteiger partial charge in [0.15, 0.2) is 11.0 Å². The smallest absolute Gasteiger partial charge is 0.308 e. The summed E-state index contributed by atoms with van der Waals surface area (Å²) in [6.07, 6.45) is 0. The zero-order valence-electron chi connectivity index (χ0n) is 10.5. The van der Waals surface area contributed by atoms with Crippen molar-refractivity contribution in [2.45, 2.75) is 6.92 Å². The molecular formula is C14H9ClN2O2S. The average molecular weight is 305 g/mol. The molecule has 0 aliphatic rings. The summed E-state index contributed by atoms with van der Waals surface area (Å²) in [6.45, 7) is 1.36. The van der Waals surface area contributed by atoms with Crippen LogP contribution >= 0.6 is 22.9 Å². The SMILES string of the molecule is CC(=O)Oc1cccc(-c2nc(Cl)c3sccc3n2)c1. The number of hydrogen-bond donors (Lipinski definition) is 0. The second-order valence-corrected chi connectivity index (χ2v) is 5.37. The van der Waals surface area contributed by atoms with E-state index in [1.807, 2.05) is 17.5 Å². The van der Waals surface area contributed by atoms with Gasteiger partial charge in [0.05, 0.1) is 10.2 Å². The topological polar surface area (TPSA) is 52.1 Å². The highest BCUT2D eigenvalue weighted by molar-refractivity contribution is 7.17. The van der Waals surface area contributed by atoms with Crippen LogP contribution in [0.1, 0.15) is 6.92 Å². The fourth-order valence-corrected chi connectivity index (χ4v) is 2.84. The lowest BCUT2D eigenvalue weighted by atomic mass is 10.2. The van der Waals surface area contributed by atoms with Crippen LogP contribution < -0.4 is 4.74 Å². The number of carbonyl (C=O) groups is 1. The Bertz CT molecular complexity index is 801. The molecule has 0 saturated carbocycles. The van der Waals surface area contributed by atoms with E-state index in [9.17, 15) is 4.79 Å². The van der Waals surface area contributed by atoms with Crippen LogP contribution in [0, 0.1) is 0 Å². The van der Waals surface area contributed by atoms with Gasteiger partial charge in [-0.1, -0.05) is 23.7 Å². The van der Waals surface area contributed by atoms with Gasteiger partial charge in [-0.3, -0.25) is 4.79 Å². The van der Waals surface area contributed by atoms with E-state index in [2.05, 4.69) is 9.97 Å². The number of halogens is 1. The summed E-state index contributed by atoms with van der Waals surface area (Å²) < 4.78 is 5.92. The fourth-order valence-electron chi connectivity index (χ4n) is 1.82. The molecule has 0 saturated heterocycles. The van der Waals surface area contributed by atoms with Crippen molar-refractivity contribution in [2.24, 2.45) is 0 Å². The Morgan fingerprint density at radius 3 is 2.95 bits per heavy atom. The highest BCUT2D eigenvalue weighted by Gasteiger charge is 2.10. The Kier molecular flexibility index (Phi) is 3.38. The lowest BCUT2D eigenvalue weighted by molar-refractivity contribution is -0.131. The van der Waals surface area contributed by atoms with Crippen molar-refractivity contribution in [3.63, 3.8) is 0 Å². The second-order valence-electron chi connectivity index (χ2n) is 4.09. The standard InChI is InChI=1S/C14H9ClN2O2S/c1-8(18)19-10-4-2-3-9(7-10)14-16-11-5-6-20-12(11)13(15)17-14/h2-7H,1H3. The Balaban J connectivity index is 2.08. The number of nitrogens with zero attached hydrogens (tertiary/aromatic N) is 2. The van der Waals surface area contributed by atoms with Crippen LogP contribution in [0.4, 0.5) is 0 Å². The van der Waals surface area contributed by atoms with E-state index in [0.717, 1.165) is 15.8 Å². The molecule has 4 nitrogen and oxygen atoms in total. The zero-order chi connectivity index (χ0) is 14.1. The van der Waals surface area contributed by atoms with Crippen molar-refractivity contribution in [2.75, 3.05) is 0 Å². The molecule has 1 aromatic carbocycles. The average Bonchev–Trinajstić information content (AvgIpc) is 2.87. The normalized spacial score (nSPS) is 10.7. The first-order valence-corrected chi connectivity index (χ1v) is 7.09. The van der Waals surface area contributed by atoms with Crippen LogP contribution in [0.25, 0.3) is 21.6 Å². The predicted octanol–water partition coefficient (Wildman–Crippen LogP) is 3.94. The Morgan fingerprint density at radius 2 is 2.15 bits per heavy atom. The van der Waals surface area contributed by atoms with E-state index in [4.69, 9.17) is 16.3 Å². The molecule has 2 heterocycles. The zero-order valence-corrected chi connectivity index (χ0v) is 12.0. The molecule has 6 heteroatoms. The highest BCUT2D eigenvalue weighted by atomic mass is 35.5. The molecule has 100 valence electrons. The van der Waals surface area contributed by atoms with Gasteiger partial charge in [0, 0.05) is 12.5 Å². The van der Waals surface area contributed by atoms with Crippen LogP contribution in [0.3, 0.4) is 0 Å². The molecule has 0 unspecified atom stereocenters. The largest absolute Gasteiger partial charge is 0.427 e. The van der Waals surface area contributed by atoms with Crippen molar-refractivity contribution in [1.29, 1.82) is 0 Å². The first-order valence-electron chi connectivity index (χ1n) is 5.83.